The molecule has 0 fully saturated rings. The minimum atomic E-state index is -0.375. The fourth-order valence-electron chi connectivity index (χ4n) is 2.00. The molecule has 0 unspecified atom stereocenters. The van der Waals surface area contributed by atoms with Crippen LogP contribution in [-0.4, -0.2) is 4.92 Å². The van der Waals surface area contributed by atoms with Crippen LogP contribution in [0.2, 0.25) is 0 Å². The molecule has 0 saturated heterocycles. The number of hydrogen-bond acceptors (Lipinski definition) is 3. The van der Waals surface area contributed by atoms with Crippen molar-refractivity contribution in [3.63, 3.8) is 0 Å². The molecule has 0 aliphatic rings. The fourth-order valence-corrected chi connectivity index (χ4v) is 2.00. The Morgan fingerprint density at radius 3 is 2.21 bits per heavy atom. The molecule has 0 radical (unpaired) electrons. The Labute approximate surface area is 112 Å². The zero-order valence-corrected chi connectivity index (χ0v) is 11.0. The van der Waals surface area contributed by atoms with Crippen LogP contribution in [0.15, 0.2) is 48.5 Å². The molecule has 0 aliphatic carbocycles. The third-order valence-electron chi connectivity index (χ3n) is 2.95. The van der Waals surface area contributed by atoms with E-state index >= 15 is 0 Å². The number of nitro benzene ring substituents is 1. The molecule has 0 bridgehead atoms. The second kappa shape index (κ2) is 5.52. The summed E-state index contributed by atoms with van der Waals surface area (Å²) >= 11 is 0. The highest BCUT2D eigenvalue weighted by atomic mass is 16.6. The van der Waals surface area contributed by atoms with Gasteiger partial charge in [-0.1, -0.05) is 44.2 Å². The van der Waals surface area contributed by atoms with Gasteiger partial charge in [0.2, 0.25) is 0 Å². The Morgan fingerprint density at radius 2 is 1.58 bits per heavy atom. The summed E-state index contributed by atoms with van der Waals surface area (Å²) < 4.78 is 0. The highest BCUT2D eigenvalue weighted by Crippen LogP contribution is 2.31. The van der Waals surface area contributed by atoms with Crippen molar-refractivity contribution in [2.45, 2.75) is 19.8 Å². The number of rotatable bonds is 4. The van der Waals surface area contributed by atoms with E-state index in [-0.39, 0.29) is 10.6 Å². The number of nitro groups is 1. The Balaban J connectivity index is 2.39. The molecule has 2 rings (SSSR count). The lowest BCUT2D eigenvalue weighted by molar-refractivity contribution is -0.383. The van der Waals surface area contributed by atoms with Gasteiger partial charge in [0.25, 0.3) is 5.69 Å². The van der Waals surface area contributed by atoms with Gasteiger partial charge in [0.05, 0.1) is 4.92 Å². The summed E-state index contributed by atoms with van der Waals surface area (Å²) in [4.78, 5) is 10.6. The average molecular weight is 256 g/mol. The molecule has 1 N–H and O–H groups in total. The van der Waals surface area contributed by atoms with E-state index in [9.17, 15) is 10.1 Å². The van der Waals surface area contributed by atoms with Gasteiger partial charge in [-0.2, -0.15) is 0 Å². The molecule has 0 atom stereocenters. The zero-order valence-electron chi connectivity index (χ0n) is 11.0. The van der Waals surface area contributed by atoms with Crippen molar-refractivity contribution in [2.75, 3.05) is 5.32 Å². The smallest absolute Gasteiger partial charge is 0.292 e. The first-order chi connectivity index (χ1) is 9.09. The Bertz CT molecular complexity index is 594. The maximum absolute atomic E-state index is 11.0. The van der Waals surface area contributed by atoms with Crippen molar-refractivity contribution in [2.24, 2.45) is 0 Å². The molecule has 4 nitrogen and oxygen atoms in total. The molecule has 0 aliphatic heterocycles. The molecule has 19 heavy (non-hydrogen) atoms. The highest BCUT2D eigenvalue weighted by molar-refractivity contribution is 5.71. The lowest BCUT2D eigenvalue weighted by atomic mass is 10.0. The van der Waals surface area contributed by atoms with Gasteiger partial charge in [-0.25, -0.2) is 0 Å². The van der Waals surface area contributed by atoms with Crippen LogP contribution in [0.4, 0.5) is 17.1 Å². The van der Waals surface area contributed by atoms with Crippen LogP contribution in [0.25, 0.3) is 0 Å². The second-order valence-corrected chi connectivity index (χ2v) is 4.64. The summed E-state index contributed by atoms with van der Waals surface area (Å²) in [5, 5.41) is 14.2. The monoisotopic (exact) mass is 256 g/mol. The lowest BCUT2D eigenvalue weighted by Gasteiger charge is -2.14. The molecule has 0 heterocycles. The molecule has 0 aromatic heterocycles. The van der Waals surface area contributed by atoms with E-state index in [2.05, 4.69) is 19.2 Å². The zero-order chi connectivity index (χ0) is 13.8. The normalized spacial score (nSPS) is 10.5. The minimum Gasteiger partial charge on any atom is -0.350 e. The summed E-state index contributed by atoms with van der Waals surface area (Å²) in [6.45, 7) is 4.19. The SMILES string of the molecule is CC(C)c1ccccc1Nc1ccccc1[N+](=O)[O-]. The quantitative estimate of drug-likeness (QED) is 0.649. The van der Waals surface area contributed by atoms with E-state index in [0.29, 0.717) is 11.6 Å². The predicted molar refractivity (Wildman–Crippen MR) is 76.9 cm³/mol. The molecule has 98 valence electrons. The number of anilines is 2. The number of para-hydroxylation sites is 3. The molecular formula is C15H16N2O2. The van der Waals surface area contributed by atoms with E-state index in [0.717, 1.165) is 11.3 Å². The van der Waals surface area contributed by atoms with E-state index in [4.69, 9.17) is 0 Å². The first kappa shape index (κ1) is 13.1. The van der Waals surface area contributed by atoms with Gasteiger partial charge in [-0.15, -0.1) is 0 Å². The van der Waals surface area contributed by atoms with Gasteiger partial charge in [0.1, 0.15) is 5.69 Å². The summed E-state index contributed by atoms with van der Waals surface area (Å²) in [5.74, 6) is 0.353. The highest BCUT2D eigenvalue weighted by Gasteiger charge is 2.14. The minimum absolute atomic E-state index is 0.0843. The summed E-state index contributed by atoms with van der Waals surface area (Å²) in [7, 11) is 0. The summed E-state index contributed by atoms with van der Waals surface area (Å²) in [6, 6.07) is 14.5. The van der Waals surface area contributed by atoms with Crippen LogP contribution in [0.1, 0.15) is 25.3 Å². The van der Waals surface area contributed by atoms with Crippen molar-refractivity contribution >= 4 is 17.1 Å². The van der Waals surface area contributed by atoms with Crippen molar-refractivity contribution in [1.82, 2.24) is 0 Å². The van der Waals surface area contributed by atoms with Crippen LogP contribution < -0.4 is 5.32 Å². The Morgan fingerprint density at radius 1 is 1.00 bits per heavy atom. The van der Waals surface area contributed by atoms with Gasteiger partial charge in [0, 0.05) is 11.8 Å². The van der Waals surface area contributed by atoms with Gasteiger partial charge in [0.15, 0.2) is 0 Å². The summed E-state index contributed by atoms with van der Waals surface area (Å²) in [6.07, 6.45) is 0. The molecule has 0 saturated carbocycles. The maximum Gasteiger partial charge on any atom is 0.292 e. The van der Waals surface area contributed by atoms with Crippen LogP contribution >= 0.6 is 0 Å². The first-order valence-electron chi connectivity index (χ1n) is 6.19. The van der Waals surface area contributed by atoms with Crippen molar-refractivity contribution in [3.05, 3.63) is 64.2 Å². The number of nitrogens with zero attached hydrogens (tertiary/aromatic N) is 1. The van der Waals surface area contributed by atoms with E-state index in [1.165, 1.54) is 6.07 Å². The van der Waals surface area contributed by atoms with Gasteiger partial charge < -0.3 is 5.32 Å². The largest absolute Gasteiger partial charge is 0.350 e. The third kappa shape index (κ3) is 2.91. The van der Waals surface area contributed by atoms with Crippen LogP contribution in [0.3, 0.4) is 0 Å². The van der Waals surface area contributed by atoms with Gasteiger partial charge in [-0.3, -0.25) is 10.1 Å². The van der Waals surface area contributed by atoms with E-state index in [1.54, 1.807) is 18.2 Å². The molecule has 0 spiro atoms. The molecule has 2 aromatic carbocycles. The third-order valence-corrected chi connectivity index (χ3v) is 2.95. The second-order valence-electron chi connectivity index (χ2n) is 4.64. The first-order valence-corrected chi connectivity index (χ1v) is 6.19. The van der Waals surface area contributed by atoms with E-state index < -0.39 is 0 Å². The number of hydrogen-bond donors (Lipinski definition) is 1. The number of benzene rings is 2. The van der Waals surface area contributed by atoms with Crippen molar-refractivity contribution in [1.29, 1.82) is 0 Å². The Hall–Kier alpha value is -2.36. The molecule has 2 aromatic rings. The van der Waals surface area contributed by atoms with Gasteiger partial charge in [-0.05, 0) is 23.6 Å². The van der Waals surface area contributed by atoms with Crippen molar-refractivity contribution < 1.29 is 4.92 Å². The number of nitrogens with one attached hydrogen (secondary N) is 1. The van der Waals surface area contributed by atoms with Crippen LogP contribution in [0.5, 0.6) is 0 Å². The average Bonchev–Trinajstić information content (AvgIpc) is 2.39. The topological polar surface area (TPSA) is 55.2 Å². The summed E-state index contributed by atoms with van der Waals surface area (Å²) in [5.41, 5.74) is 2.65. The molecule has 4 heteroatoms. The molecular weight excluding hydrogens is 240 g/mol. The standard InChI is InChI=1S/C15H16N2O2/c1-11(2)12-7-3-4-8-13(12)16-14-9-5-6-10-15(14)17(18)19/h3-11,16H,1-2H3. The predicted octanol–water partition coefficient (Wildman–Crippen LogP) is 4.46. The maximum atomic E-state index is 11.0. The van der Waals surface area contributed by atoms with E-state index in [1.807, 2.05) is 24.3 Å². The fraction of sp³-hybridized carbons (Fsp3) is 0.200. The van der Waals surface area contributed by atoms with Crippen LogP contribution in [-0.2, 0) is 0 Å². The Kier molecular flexibility index (Phi) is 3.80. The lowest BCUT2D eigenvalue weighted by Crippen LogP contribution is -2.00. The van der Waals surface area contributed by atoms with Crippen LogP contribution in [0, 0.1) is 10.1 Å². The molecule has 0 amide bonds. The van der Waals surface area contributed by atoms with Crippen molar-refractivity contribution in [3.8, 4) is 0 Å². The van der Waals surface area contributed by atoms with Gasteiger partial charge >= 0.3 is 0 Å².